The van der Waals surface area contributed by atoms with Crippen molar-refractivity contribution in [1.29, 1.82) is 0 Å². The number of carbonyl (C=O) groups is 1. The third kappa shape index (κ3) is 2.21. The van der Waals surface area contributed by atoms with Gasteiger partial charge in [-0.2, -0.15) is 0 Å². The highest BCUT2D eigenvalue weighted by Gasteiger charge is 2.26. The summed E-state index contributed by atoms with van der Waals surface area (Å²) in [6, 6.07) is -0.0614. The van der Waals surface area contributed by atoms with Crippen molar-refractivity contribution >= 4 is 5.97 Å². The van der Waals surface area contributed by atoms with Gasteiger partial charge in [0.05, 0.1) is 7.11 Å². The van der Waals surface area contributed by atoms with E-state index in [1.165, 1.54) is 13.5 Å². The lowest BCUT2D eigenvalue weighted by molar-refractivity contribution is -0.144. The van der Waals surface area contributed by atoms with Crippen molar-refractivity contribution in [1.82, 2.24) is 5.32 Å². The predicted molar refractivity (Wildman–Crippen MR) is 46.8 cm³/mol. The lowest BCUT2D eigenvalue weighted by Crippen LogP contribution is -2.43. The van der Waals surface area contributed by atoms with E-state index in [4.69, 9.17) is 0 Å². The number of carbonyl (C=O) groups excluding carboxylic acids is 1. The van der Waals surface area contributed by atoms with Gasteiger partial charge in [-0.3, -0.25) is 4.79 Å². The maximum absolute atomic E-state index is 11.1. The molecule has 0 aliphatic carbocycles. The fraction of sp³-hybridized carbons (Fsp3) is 0.889. The molecule has 0 saturated carbocycles. The molecule has 1 rings (SSSR count). The topological polar surface area (TPSA) is 38.3 Å². The summed E-state index contributed by atoms with van der Waals surface area (Å²) in [5.41, 5.74) is 0. The Kier molecular flexibility index (Phi) is 3.53. The Bertz CT molecular complexity index is 159. The molecular weight excluding hydrogens is 154 g/mol. The molecule has 1 fully saturated rings. The fourth-order valence-electron chi connectivity index (χ4n) is 1.69. The van der Waals surface area contributed by atoms with Crippen molar-refractivity contribution in [2.45, 2.75) is 32.2 Å². The van der Waals surface area contributed by atoms with Gasteiger partial charge in [0, 0.05) is 0 Å². The van der Waals surface area contributed by atoms with E-state index in [9.17, 15) is 4.79 Å². The van der Waals surface area contributed by atoms with Gasteiger partial charge in [-0.05, 0) is 25.3 Å². The first-order valence-corrected chi connectivity index (χ1v) is 4.59. The fourth-order valence-corrected chi connectivity index (χ4v) is 1.69. The van der Waals surface area contributed by atoms with Crippen LogP contribution in [0.5, 0.6) is 0 Å². The molecule has 0 aromatic heterocycles. The molecule has 1 N–H and O–H groups in total. The van der Waals surface area contributed by atoms with E-state index in [2.05, 4.69) is 17.0 Å². The summed E-state index contributed by atoms with van der Waals surface area (Å²) in [5.74, 6) is 0.573. The molecule has 12 heavy (non-hydrogen) atoms. The normalized spacial score (nSPS) is 29.8. The third-order valence-electron chi connectivity index (χ3n) is 2.58. The number of rotatable bonds is 2. The van der Waals surface area contributed by atoms with Crippen LogP contribution in [0.15, 0.2) is 0 Å². The minimum Gasteiger partial charge on any atom is -0.468 e. The van der Waals surface area contributed by atoms with Crippen LogP contribution >= 0.6 is 0 Å². The largest absolute Gasteiger partial charge is 0.468 e. The van der Waals surface area contributed by atoms with Crippen molar-refractivity contribution in [3.8, 4) is 0 Å². The zero-order valence-corrected chi connectivity index (χ0v) is 7.80. The average Bonchev–Trinajstić information content (AvgIpc) is 2.17. The zero-order valence-electron chi connectivity index (χ0n) is 7.80. The molecule has 0 unspecified atom stereocenters. The molecule has 70 valence electrons. The SMILES string of the molecule is CC[C@H]1CCN[C@H](C(=O)OC)C1. The minimum atomic E-state index is -0.117. The second-order valence-corrected chi connectivity index (χ2v) is 3.33. The third-order valence-corrected chi connectivity index (χ3v) is 2.58. The van der Waals surface area contributed by atoms with E-state index < -0.39 is 0 Å². The number of esters is 1. The molecule has 3 nitrogen and oxygen atoms in total. The van der Waals surface area contributed by atoms with Crippen molar-refractivity contribution in [3.63, 3.8) is 0 Å². The summed E-state index contributed by atoms with van der Waals surface area (Å²) < 4.78 is 4.68. The zero-order chi connectivity index (χ0) is 8.97. The van der Waals surface area contributed by atoms with Gasteiger partial charge < -0.3 is 10.1 Å². The van der Waals surface area contributed by atoms with Crippen molar-refractivity contribution in [2.75, 3.05) is 13.7 Å². The monoisotopic (exact) mass is 171 g/mol. The number of ether oxygens (including phenoxy) is 1. The molecule has 0 spiro atoms. The van der Waals surface area contributed by atoms with Crippen LogP contribution < -0.4 is 5.32 Å². The van der Waals surface area contributed by atoms with Crippen LogP contribution in [0.3, 0.4) is 0 Å². The molecule has 0 bridgehead atoms. The lowest BCUT2D eigenvalue weighted by Gasteiger charge is -2.27. The molecule has 1 aliphatic heterocycles. The molecule has 2 atom stereocenters. The van der Waals surface area contributed by atoms with Crippen molar-refractivity contribution in [2.24, 2.45) is 5.92 Å². The van der Waals surface area contributed by atoms with E-state index in [0.717, 1.165) is 19.4 Å². The molecule has 1 aliphatic rings. The molecule has 0 radical (unpaired) electrons. The van der Waals surface area contributed by atoms with E-state index in [1.807, 2.05) is 0 Å². The van der Waals surface area contributed by atoms with Gasteiger partial charge >= 0.3 is 5.97 Å². The summed E-state index contributed by atoms with van der Waals surface area (Å²) in [7, 11) is 1.44. The number of methoxy groups -OCH3 is 1. The molecular formula is C9H17NO2. The number of nitrogens with one attached hydrogen (secondary N) is 1. The smallest absolute Gasteiger partial charge is 0.322 e. The van der Waals surface area contributed by atoms with E-state index in [-0.39, 0.29) is 12.0 Å². The number of hydrogen-bond acceptors (Lipinski definition) is 3. The van der Waals surface area contributed by atoms with Crippen molar-refractivity contribution < 1.29 is 9.53 Å². The highest BCUT2D eigenvalue weighted by Crippen LogP contribution is 2.19. The van der Waals surface area contributed by atoms with Crippen LogP contribution in [0.2, 0.25) is 0 Å². The summed E-state index contributed by atoms with van der Waals surface area (Å²) in [6.07, 6.45) is 3.28. The summed E-state index contributed by atoms with van der Waals surface area (Å²) in [6.45, 7) is 3.11. The number of hydrogen-bond donors (Lipinski definition) is 1. The van der Waals surface area contributed by atoms with Gasteiger partial charge in [0.15, 0.2) is 0 Å². The predicted octanol–water partition coefficient (Wildman–Crippen LogP) is 0.938. The van der Waals surface area contributed by atoms with Crippen LogP contribution in [-0.2, 0) is 9.53 Å². The summed E-state index contributed by atoms with van der Waals surface area (Å²) in [5, 5.41) is 3.16. The Labute approximate surface area is 73.5 Å². The Morgan fingerprint density at radius 3 is 3.00 bits per heavy atom. The van der Waals surface area contributed by atoms with Crippen LogP contribution in [0.1, 0.15) is 26.2 Å². The molecule has 1 saturated heterocycles. The molecule has 0 aromatic carbocycles. The van der Waals surface area contributed by atoms with Gasteiger partial charge in [0.2, 0.25) is 0 Å². The Morgan fingerprint density at radius 1 is 1.67 bits per heavy atom. The first-order valence-electron chi connectivity index (χ1n) is 4.59. The second-order valence-electron chi connectivity index (χ2n) is 3.33. The quantitative estimate of drug-likeness (QED) is 0.628. The van der Waals surface area contributed by atoms with Crippen LogP contribution in [-0.4, -0.2) is 25.7 Å². The van der Waals surface area contributed by atoms with E-state index >= 15 is 0 Å². The van der Waals surface area contributed by atoms with Crippen molar-refractivity contribution in [3.05, 3.63) is 0 Å². The Hall–Kier alpha value is -0.570. The second kappa shape index (κ2) is 4.45. The van der Waals surface area contributed by atoms with Gasteiger partial charge in [-0.1, -0.05) is 13.3 Å². The molecule has 0 amide bonds. The van der Waals surface area contributed by atoms with Gasteiger partial charge in [-0.15, -0.1) is 0 Å². The first-order chi connectivity index (χ1) is 5.77. The van der Waals surface area contributed by atoms with Gasteiger partial charge in [-0.25, -0.2) is 0 Å². The average molecular weight is 171 g/mol. The highest BCUT2D eigenvalue weighted by atomic mass is 16.5. The standard InChI is InChI=1S/C9H17NO2/c1-3-7-4-5-10-8(6-7)9(11)12-2/h7-8,10H,3-6H2,1-2H3/t7-,8-/m0/s1. The molecule has 1 heterocycles. The van der Waals surface area contributed by atoms with E-state index in [1.54, 1.807) is 0 Å². The maximum Gasteiger partial charge on any atom is 0.322 e. The van der Waals surface area contributed by atoms with Crippen LogP contribution in [0.4, 0.5) is 0 Å². The molecule has 3 heteroatoms. The van der Waals surface area contributed by atoms with Gasteiger partial charge in [0.25, 0.3) is 0 Å². The summed E-state index contributed by atoms with van der Waals surface area (Å²) >= 11 is 0. The lowest BCUT2D eigenvalue weighted by atomic mass is 9.90. The summed E-state index contributed by atoms with van der Waals surface area (Å²) in [4.78, 5) is 11.1. The maximum atomic E-state index is 11.1. The van der Waals surface area contributed by atoms with Crippen LogP contribution in [0.25, 0.3) is 0 Å². The highest BCUT2D eigenvalue weighted by molar-refractivity contribution is 5.75. The van der Waals surface area contributed by atoms with Gasteiger partial charge in [0.1, 0.15) is 6.04 Å². The minimum absolute atomic E-state index is 0.0614. The Balaban J connectivity index is 2.40. The Morgan fingerprint density at radius 2 is 2.42 bits per heavy atom. The first kappa shape index (κ1) is 9.52. The molecule has 0 aromatic rings. The van der Waals surface area contributed by atoms with Crippen LogP contribution in [0, 0.1) is 5.92 Å². The van der Waals surface area contributed by atoms with E-state index in [0.29, 0.717) is 5.92 Å². The number of piperidine rings is 1.